The number of halogens is 3. The van der Waals surface area contributed by atoms with Crippen molar-refractivity contribution in [3.63, 3.8) is 0 Å². The highest BCUT2D eigenvalue weighted by Crippen LogP contribution is 2.50. The van der Waals surface area contributed by atoms with Crippen LogP contribution >= 0.6 is 0 Å². The van der Waals surface area contributed by atoms with E-state index in [0.717, 1.165) is 30.0 Å². The van der Waals surface area contributed by atoms with Crippen LogP contribution in [-0.2, 0) is 11.0 Å². The molecule has 5 rings (SSSR count). The Morgan fingerprint density at radius 3 is 2.68 bits per heavy atom. The highest BCUT2D eigenvalue weighted by Gasteiger charge is 2.49. The second kappa shape index (κ2) is 9.01. The maximum absolute atomic E-state index is 13.1. The topological polar surface area (TPSA) is 54.4 Å². The Balaban J connectivity index is 1.40. The maximum atomic E-state index is 13.1. The number of pyridine rings is 1. The molecule has 4 nitrogen and oxygen atoms in total. The molecule has 0 spiro atoms. The molecular weight excluding hydrogens is 439 g/mol. The smallest absolute Gasteiger partial charge is 0.273 e. The molecule has 1 N–H and O–H groups in total. The molecule has 1 aliphatic heterocycles. The molecule has 7 heteroatoms. The van der Waals surface area contributed by atoms with Crippen LogP contribution in [0.4, 0.5) is 13.2 Å². The predicted molar refractivity (Wildman–Crippen MR) is 125 cm³/mol. The molecule has 1 aromatic carbocycles. The van der Waals surface area contributed by atoms with E-state index in [0.29, 0.717) is 23.0 Å². The number of nitrogens with zero attached hydrogens (tertiary/aromatic N) is 2. The first-order valence-electron chi connectivity index (χ1n) is 12.0. The van der Waals surface area contributed by atoms with Crippen molar-refractivity contribution in [2.45, 2.75) is 45.2 Å². The van der Waals surface area contributed by atoms with Gasteiger partial charge in [-0.25, -0.2) is 5.43 Å². The fraction of sp³-hybridized carbons (Fsp3) is 0.444. The van der Waals surface area contributed by atoms with Crippen LogP contribution in [0.15, 0.2) is 53.8 Å². The Kier molecular flexibility index (Phi) is 6.04. The van der Waals surface area contributed by atoms with E-state index >= 15 is 0 Å². The number of rotatable bonds is 3. The predicted octanol–water partition coefficient (Wildman–Crippen LogP) is 6.35. The largest absolute Gasteiger partial charge is 0.416 e. The van der Waals surface area contributed by atoms with Crippen LogP contribution in [0.2, 0.25) is 0 Å². The average molecular weight is 468 g/mol. The van der Waals surface area contributed by atoms with Crippen LogP contribution in [0.1, 0.15) is 50.3 Å². The number of carbonyl (C=O) groups is 1. The van der Waals surface area contributed by atoms with Gasteiger partial charge in [0.15, 0.2) is 0 Å². The highest BCUT2D eigenvalue weighted by molar-refractivity contribution is 5.95. The number of aromatic nitrogens is 1. The molecule has 3 aliphatic rings. The van der Waals surface area contributed by atoms with Crippen molar-refractivity contribution >= 4 is 17.7 Å². The van der Waals surface area contributed by atoms with E-state index in [1.165, 1.54) is 31.7 Å². The summed E-state index contributed by atoms with van der Waals surface area (Å²) in [5.74, 6) is 1.41. The van der Waals surface area contributed by atoms with E-state index in [-0.39, 0.29) is 23.7 Å². The van der Waals surface area contributed by atoms with Crippen molar-refractivity contribution in [1.29, 1.82) is 0 Å². The van der Waals surface area contributed by atoms with Crippen molar-refractivity contribution in [2.24, 2.45) is 34.7 Å². The number of allylic oxidation sites excluding steroid dienone is 1. The quantitative estimate of drug-likeness (QED) is 0.572. The molecule has 2 saturated carbocycles. The number of nitrogens with one attached hydrogen (secondary N) is 1. The Morgan fingerprint density at radius 2 is 1.91 bits per heavy atom. The third-order valence-electron chi connectivity index (χ3n) is 7.83. The molecule has 178 valence electrons. The number of amides is 1. The van der Waals surface area contributed by atoms with Crippen LogP contribution in [0.25, 0.3) is 17.2 Å². The van der Waals surface area contributed by atoms with Crippen LogP contribution in [0.3, 0.4) is 0 Å². The molecule has 34 heavy (non-hydrogen) atoms. The summed E-state index contributed by atoms with van der Waals surface area (Å²) in [6.45, 7) is 2.00. The zero-order chi connectivity index (χ0) is 23.9. The summed E-state index contributed by atoms with van der Waals surface area (Å²) in [4.78, 5) is 17.1. The fourth-order valence-corrected chi connectivity index (χ4v) is 6.21. The highest BCUT2D eigenvalue weighted by atomic mass is 19.4. The lowest BCUT2D eigenvalue weighted by molar-refractivity contribution is -0.137. The molecule has 5 atom stereocenters. The zero-order valence-electron chi connectivity index (χ0n) is 19.1. The van der Waals surface area contributed by atoms with Gasteiger partial charge in [0.2, 0.25) is 5.91 Å². The number of alkyl halides is 3. The van der Waals surface area contributed by atoms with E-state index < -0.39 is 11.7 Å². The van der Waals surface area contributed by atoms with Crippen molar-refractivity contribution < 1.29 is 18.0 Å². The van der Waals surface area contributed by atoms with Gasteiger partial charge in [0.05, 0.1) is 11.3 Å². The average Bonchev–Trinajstić information content (AvgIpc) is 2.84. The van der Waals surface area contributed by atoms with E-state index in [1.54, 1.807) is 18.3 Å². The monoisotopic (exact) mass is 467 g/mol. The molecule has 0 bridgehead atoms. The van der Waals surface area contributed by atoms with E-state index in [4.69, 9.17) is 0 Å². The lowest BCUT2D eigenvalue weighted by atomic mass is 9.56. The third-order valence-corrected chi connectivity index (χ3v) is 7.83. The van der Waals surface area contributed by atoms with Crippen molar-refractivity contribution in [2.75, 3.05) is 0 Å². The molecular formula is C27H28F3N3O. The summed E-state index contributed by atoms with van der Waals surface area (Å²) in [6.07, 6.45) is 7.14. The first-order valence-corrected chi connectivity index (χ1v) is 12.0. The molecule has 2 heterocycles. The van der Waals surface area contributed by atoms with Gasteiger partial charge in [-0.3, -0.25) is 9.78 Å². The minimum atomic E-state index is -4.38. The molecule has 1 aromatic heterocycles. The van der Waals surface area contributed by atoms with Gasteiger partial charge in [-0.15, -0.1) is 0 Å². The summed E-state index contributed by atoms with van der Waals surface area (Å²) in [5.41, 5.74) is 4.88. The number of hydrogen-bond donors (Lipinski definition) is 1. The van der Waals surface area contributed by atoms with Crippen LogP contribution in [-0.4, -0.2) is 16.6 Å². The summed E-state index contributed by atoms with van der Waals surface area (Å²) in [6, 6.07) is 8.92. The Labute approximate surface area is 197 Å². The second-order valence-corrected chi connectivity index (χ2v) is 9.79. The first kappa shape index (κ1) is 22.8. The van der Waals surface area contributed by atoms with Gasteiger partial charge in [-0.2, -0.15) is 18.3 Å². The van der Waals surface area contributed by atoms with E-state index in [1.807, 2.05) is 19.1 Å². The Bertz CT molecular complexity index is 1120. The number of fused-ring (bicyclic) bond motifs is 2. The molecule has 2 aromatic rings. The number of hydrazone groups is 1. The van der Waals surface area contributed by atoms with Crippen molar-refractivity contribution in [3.05, 3.63) is 59.9 Å². The first-order chi connectivity index (χ1) is 16.3. The van der Waals surface area contributed by atoms with Gasteiger partial charge in [-0.05, 0) is 67.4 Å². The fourth-order valence-electron chi connectivity index (χ4n) is 6.21. The Morgan fingerprint density at radius 1 is 1.09 bits per heavy atom. The minimum absolute atomic E-state index is 0.0292. The van der Waals surface area contributed by atoms with E-state index in [2.05, 4.69) is 21.6 Å². The third kappa shape index (κ3) is 4.40. The van der Waals surface area contributed by atoms with Gasteiger partial charge in [0, 0.05) is 29.3 Å². The van der Waals surface area contributed by atoms with E-state index in [9.17, 15) is 18.0 Å². The zero-order valence-corrected chi connectivity index (χ0v) is 19.1. The lowest BCUT2D eigenvalue weighted by Crippen LogP contribution is -2.51. The molecule has 1 amide bonds. The maximum Gasteiger partial charge on any atom is 0.416 e. The molecule has 0 saturated heterocycles. The van der Waals surface area contributed by atoms with Crippen LogP contribution in [0, 0.1) is 29.6 Å². The van der Waals surface area contributed by atoms with Gasteiger partial charge in [-0.1, -0.05) is 43.5 Å². The molecule has 2 fully saturated rings. The minimum Gasteiger partial charge on any atom is -0.273 e. The van der Waals surface area contributed by atoms with Crippen LogP contribution < -0.4 is 5.43 Å². The normalized spacial score (nSPS) is 29.2. The molecule has 0 unspecified atom stereocenters. The summed E-state index contributed by atoms with van der Waals surface area (Å²) in [5, 5.41) is 4.30. The van der Waals surface area contributed by atoms with Crippen molar-refractivity contribution in [3.8, 4) is 11.1 Å². The number of hydrogen-bond acceptors (Lipinski definition) is 3. The number of carbonyl (C=O) groups excluding carboxylic acids is 1. The number of benzene rings is 1. The van der Waals surface area contributed by atoms with Gasteiger partial charge >= 0.3 is 6.18 Å². The van der Waals surface area contributed by atoms with Gasteiger partial charge in [0.1, 0.15) is 0 Å². The van der Waals surface area contributed by atoms with Crippen LogP contribution in [0.5, 0.6) is 0 Å². The summed E-state index contributed by atoms with van der Waals surface area (Å²) < 4.78 is 39.2. The van der Waals surface area contributed by atoms with Gasteiger partial charge < -0.3 is 0 Å². The molecule has 2 aliphatic carbocycles. The second-order valence-electron chi connectivity index (χ2n) is 9.79. The summed E-state index contributed by atoms with van der Waals surface area (Å²) >= 11 is 0. The lowest BCUT2D eigenvalue weighted by Gasteiger charge is -2.49. The SMILES string of the molecule is CC1=NNC(=O)[C@H]2C[C@@H]3CCCC[C@H]3[C@H](/C=C/c3ccc(-c4cccc(C(F)(F)F)c4)cn3)[C@@H]12. The summed E-state index contributed by atoms with van der Waals surface area (Å²) in [7, 11) is 0. The Hall–Kier alpha value is -2.96. The standard InChI is InChI=1S/C27H28F3N3O/c1-16-25-23(22-8-3-2-5-18(22)14-24(25)26(34)33-32-16)12-11-21-10-9-19(15-31-21)17-6-4-7-20(13-17)27(28,29)30/h4,6-7,9-13,15,18,22-25H,2-3,5,8,14H2,1H3,(H,33,34)/b12-11+/t18-,22+,23-,24-,25+/m0/s1. The van der Waals surface area contributed by atoms with Crippen molar-refractivity contribution in [1.82, 2.24) is 10.4 Å². The van der Waals surface area contributed by atoms with Gasteiger partial charge in [0.25, 0.3) is 0 Å². The molecule has 0 radical (unpaired) electrons.